The topological polar surface area (TPSA) is 143 Å². The van der Waals surface area contributed by atoms with Gasteiger partial charge in [0.25, 0.3) is 17.5 Å². The fraction of sp³-hybridized carbons (Fsp3) is 0.375. The molecule has 0 aliphatic carbocycles. The van der Waals surface area contributed by atoms with Crippen LogP contribution >= 0.6 is 0 Å². The summed E-state index contributed by atoms with van der Waals surface area (Å²) in [5.74, 6) is -2.20. The van der Waals surface area contributed by atoms with Gasteiger partial charge in [0.1, 0.15) is 5.69 Å². The van der Waals surface area contributed by atoms with E-state index in [4.69, 9.17) is 9.47 Å². The molecule has 1 heterocycles. The number of carbonyl (C=O) groups excluding carboxylic acids is 3. The second kappa shape index (κ2) is 12.5. The van der Waals surface area contributed by atoms with E-state index in [1.54, 1.807) is 12.1 Å². The van der Waals surface area contributed by atoms with Crippen molar-refractivity contribution in [1.29, 1.82) is 0 Å². The Morgan fingerprint density at radius 1 is 1.03 bits per heavy atom. The smallest absolute Gasteiger partial charge is 0.338 e. The van der Waals surface area contributed by atoms with Gasteiger partial charge in [0.05, 0.1) is 23.7 Å². The second-order valence-electron chi connectivity index (χ2n) is 7.86. The molecule has 2 aromatic rings. The first-order valence-corrected chi connectivity index (χ1v) is 11.6. The predicted octanol–water partition coefficient (Wildman–Crippen LogP) is 1.90. The summed E-state index contributed by atoms with van der Waals surface area (Å²) >= 11 is 0. The molecule has 2 amide bonds. The van der Waals surface area contributed by atoms with Gasteiger partial charge in [-0.05, 0) is 50.2 Å². The molecule has 1 aliphatic rings. The lowest BCUT2D eigenvalue weighted by atomic mass is 10.1. The summed E-state index contributed by atoms with van der Waals surface area (Å²) in [5, 5.41) is 11.5. The maximum atomic E-state index is 12.4. The van der Waals surface area contributed by atoms with Gasteiger partial charge < -0.3 is 19.3 Å². The van der Waals surface area contributed by atoms with E-state index in [2.05, 4.69) is 15.8 Å². The van der Waals surface area contributed by atoms with Crippen LogP contribution < -0.4 is 20.7 Å². The number of hydrogen-bond donors (Lipinski definition) is 2. The van der Waals surface area contributed by atoms with Crippen LogP contribution in [-0.4, -0.2) is 68.7 Å². The number of amides is 2. The number of rotatable bonds is 9. The van der Waals surface area contributed by atoms with E-state index in [0.717, 1.165) is 24.8 Å². The first-order chi connectivity index (χ1) is 17.3. The Morgan fingerprint density at radius 2 is 1.67 bits per heavy atom. The number of nitro benzene ring substituents is 1. The summed E-state index contributed by atoms with van der Waals surface area (Å²) in [7, 11) is 0. The number of nitro groups is 1. The van der Waals surface area contributed by atoms with Gasteiger partial charge in [0.2, 0.25) is 0 Å². The molecule has 0 atom stereocenters. The Labute approximate surface area is 208 Å². The van der Waals surface area contributed by atoms with Crippen LogP contribution in [0.2, 0.25) is 0 Å². The van der Waals surface area contributed by atoms with E-state index >= 15 is 0 Å². The van der Waals surface area contributed by atoms with Crippen molar-refractivity contribution in [1.82, 2.24) is 10.9 Å². The largest absolute Gasteiger partial charge is 0.452 e. The molecule has 1 aliphatic heterocycles. The van der Waals surface area contributed by atoms with Crippen molar-refractivity contribution in [2.45, 2.75) is 13.8 Å². The van der Waals surface area contributed by atoms with E-state index in [1.807, 2.05) is 30.9 Å². The van der Waals surface area contributed by atoms with Crippen molar-refractivity contribution in [3.05, 3.63) is 63.7 Å². The lowest BCUT2D eigenvalue weighted by molar-refractivity contribution is -0.384. The van der Waals surface area contributed by atoms with Gasteiger partial charge in [0, 0.05) is 43.5 Å². The highest BCUT2D eigenvalue weighted by atomic mass is 16.6. The minimum atomic E-state index is -0.903. The molecule has 0 spiro atoms. The molecule has 0 radical (unpaired) electrons. The van der Waals surface area contributed by atoms with Crippen LogP contribution in [-0.2, 0) is 14.3 Å². The number of morpholine rings is 1. The number of ether oxygens (including phenoxy) is 2. The van der Waals surface area contributed by atoms with Crippen molar-refractivity contribution < 1.29 is 28.8 Å². The summed E-state index contributed by atoms with van der Waals surface area (Å²) in [6.45, 7) is 6.96. The van der Waals surface area contributed by atoms with Crippen molar-refractivity contribution in [3.63, 3.8) is 0 Å². The molecule has 1 saturated heterocycles. The van der Waals surface area contributed by atoms with Crippen LogP contribution in [0.1, 0.15) is 34.6 Å². The van der Waals surface area contributed by atoms with Crippen LogP contribution in [0.4, 0.5) is 17.1 Å². The minimum absolute atomic E-state index is 0.0659. The van der Waals surface area contributed by atoms with Crippen LogP contribution in [0, 0.1) is 10.1 Å². The molecule has 2 aromatic carbocycles. The number of hydrogen-bond acceptors (Lipinski definition) is 9. The number of esters is 1. The lowest BCUT2D eigenvalue weighted by Crippen LogP contribution is -2.43. The van der Waals surface area contributed by atoms with Crippen LogP contribution in [0.3, 0.4) is 0 Å². The highest BCUT2D eigenvalue weighted by molar-refractivity contribution is 5.96. The minimum Gasteiger partial charge on any atom is -0.452 e. The van der Waals surface area contributed by atoms with Crippen molar-refractivity contribution in [2.24, 2.45) is 0 Å². The molecule has 0 saturated carbocycles. The molecular weight excluding hydrogens is 470 g/mol. The molecule has 192 valence electrons. The summed E-state index contributed by atoms with van der Waals surface area (Å²) in [6, 6.07) is 10.9. The van der Waals surface area contributed by atoms with Gasteiger partial charge in [-0.2, -0.15) is 0 Å². The van der Waals surface area contributed by atoms with Gasteiger partial charge in [-0.25, -0.2) is 4.79 Å². The van der Waals surface area contributed by atoms with E-state index < -0.39 is 29.3 Å². The van der Waals surface area contributed by atoms with E-state index in [0.29, 0.717) is 37.6 Å². The van der Waals surface area contributed by atoms with Gasteiger partial charge in [-0.1, -0.05) is 0 Å². The fourth-order valence-electron chi connectivity index (χ4n) is 3.73. The molecule has 36 heavy (non-hydrogen) atoms. The van der Waals surface area contributed by atoms with Crippen molar-refractivity contribution >= 4 is 34.8 Å². The highest BCUT2D eigenvalue weighted by Gasteiger charge is 2.24. The van der Waals surface area contributed by atoms with Gasteiger partial charge in [0.15, 0.2) is 6.61 Å². The summed E-state index contributed by atoms with van der Waals surface area (Å²) in [6.07, 6.45) is 0. The maximum absolute atomic E-state index is 12.4. The molecule has 0 bridgehead atoms. The third-order valence-electron chi connectivity index (χ3n) is 5.67. The SMILES string of the molecule is CCN(CC)c1ccc(C(=O)NNC(=O)COC(=O)c2ccc(N3CCOCC3)c([N+](=O)[O-])c2)cc1. The summed E-state index contributed by atoms with van der Waals surface area (Å²) < 4.78 is 10.2. The Morgan fingerprint density at radius 3 is 2.28 bits per heavy atom. The van der Waals surface area contributed by atoms with Gasteiger partial charge in [-0.15, -0.1) is 0 Å². The molecule has 1 fully saturated rings. The van der Waals surface area contributed by atoms with Crippen LogP contribution in [0.15, 0.2) is 42.5 Å². The first kappa shape index (κ1) is 26.4. The molecule has 0 unspecified atom stereocenters. The average Bonchev–Trinajstić information content (AvgIpc) is 2.91. The van der Waals surface area contributed by atoms with Crippen molar-refractivity contribution in [2.75, 3.05) is 55.8 Å². The fourth-order valence-corrected chi connectivity index (χ4v) is 3.73. The number of benzene rings is 2. The second-order valence-corrected chi connectivity index (χ2v) is 7.86. The first-order valence-electron chi connectivity index (χ1n) is 11.6. The monoisotopic (exact) mass is 499 g/mol. The van der Waals surface area contributed by atoms with Crippen LogP contribution in [0.25, 0.3) is 0 Å². The van der Waals surface area contributed by atoms with Crippen LogP contribution in [0.5, 0.6) is 0 Å². The Balaban J connectivity index is 1.52. The quantitative estimate of drug-likeness (QED) is 0.300. The van der Waals surface area contributed by atoms with E-state index in [9.17, 15) is 24.5 Å². The molecule has 3 rings (SSSR count). The zero-order chi connectivity index (χ0) is 26.1. The van der Waals surface area contributed by atoms with Gasteiger partial charge in [-0.3, -0.25) is 30.6 Å². The number of hydrazine groups is 1. The zero-order valence-corrected chi connectivity index (χ0v) is 20.2. The number of carbonyl (C=O) groups is 3. The normalized spacial score (nSPS) is 13.0. The Kier molecular flexibility index (Phi) is 9.17. The molecule has 2 N–H and O–H groups in total. The van der Waals surface area contributed by atoms with Crippen molar-refractivity contribution in [3.8, 4) is 0 Å². The Hall–Kier alpha value is -4.19. The molecule has 12 nitrogen and oxygen atoms in total. The van der Waals surface area contributed by atoms with Gasteiger partial charge >= 0.3 is 5.97 Å². The third-order valence-corrected chi connectivity index (χ3v) is 5.67. The third kappa shape index (κ3) is 6.69. The zero-order valence-electron chi connectivity index (χ0n) is 20.2. The molecular formula is C24H29N5O7. The lowest BCUT2D eigenvalue weighted by Gasteiger charge is -2.28. The number of anilines is 2. The van der Waals surface area contributed by atoms with E-state index in [1.165, 1.54) is 12.1 Å². The maximum Gasteiger partial charge on any atom is 0.338 e. The highest BCUT2D eigenvalue weighted by Crippen LogP contribution is 2.30. The standard InChI is InChI=1S/C24H29N5O7/c1-3-27(4-2)19-8-5-17(6-9-19)23(31)26-25-22(30)16-36-24(32)18-7-10-20(21(15-18)29(33)34)28-11-13-35-14-12-28/h5-10,15H,3-4,11-14,16H2,1-2H3,(H,25,30)(H,26,31). The predicted molar refractivity (Wildman–Crippen MR) is 132 cm³/mol. The molecule has 0 aromatic heterocycles. The summed E-state index contributed by atoms with van der Waals surface area (Å²) in [5.41, 5.74) is 5.83. The number of nitrogens with one attached hydrogen (secondary N) is 2. The Bertz CT molecular complexity index is 1100. The number of nitrogens with zero attached hydrogens (tertiary/aromatic N) is 3. The van der Waals surface area contributed by atoms with E-state index in [-0.39, 0.29) is 11.3 Å². The molecule has 12 heteroatoms. The summed E-state index contributed by atoms with van der Waals surface area (Å²) in [4.78, 5) is 51.6. The average molecular weight is 500 g/mol.